The Kier molecular flexibility index (Phi) is 21.3. The molecule has 8 rings (SSSR count). The van der Waals surface area contributed by atoms with Gasteiger partial charge in [-0.3, -0.25) is 19.2 Å². The molecule has 4 aromatic rings. The number of carbonyl (C=O) groups excluding carboxylic acids is 4. The molecular formula is C46H57Cl3F8N14O4. The molecule has 4 aliphatic rings. The van der Waals surface area contributed by atoms with Crippen LogP contribution in [0.2, 0.25) is 15.2 Å². The lowest BCUT2D eigenvalue weighted by Crippen LogP contribution is -2.61. The number of nitrogens with one attached hydrogen (secondary N) is 3. The van der Waals surface area contributed by atoms with E-state index in [-0.39, 0.29) is 90.3 Å². The highest BCUT2D eigenvalue weighted by Gasteiger charge is 2.44. The number of alkyl halides is 6. The van der Waals surface area contributed by atoms with E-state index in [9.17, 15) is 54.3 Å². The minimum absolute atomic E-state index is 0. The normalized spacial score (nSPS) is 22.0. The summed E-state index contributed by atoms with van der Waals surface area (Å²) in [7, 11) is 0. The Morgan fingerprint density at radius 1 is 0.640 bits per heavy atom. The molecule has 29 heteroatoms. The van der Waals surface area contributed by atoms with Gasteiger partial charge in [0, 0.05) is 54.1 Å². The molecule has 11 N–H and O–H groups in total. The Morgan fingerprint density at radius 3 is 1.57 bits per heavy atom. The quantitative estimate of drug-likeness (QED) is 0.0657. The van der Waals surface area contributed by atoms with Gasteiger partial charge in [-0.2, -0.15) is 35.1 Å². The Balaban J connectivity index is 0.000000277. The third-order valence-electron chi connectivity index (χ3n) is 12.5. The third-order valence-corrected chi connectivity index (χ3v) is 13.2. The van der Waals surface area contributed by atoms with Crippen LogP contribution in [0.1, 0.15) is 64.5 Å². The van der Waals surface area contributed by atoms with Crippen molar-refractivity contribution in [2.24, 2.45) is 23.3 Å². The zero-order valence-electron chi connectivity index (χ0n) is 38.3. The maximum absolute atomic E-state index is 14.6. The number of aromatic nitrogens is 4. The van der Waals surface area contributed by atoms with Gasteiger partial charge in [-0.1, -0.05) is 49.7 Å². The molecule has 0 aliphatic carbocycles. The minimum Gasteiger partial charge on any atom is -0.381 e. The van der Waals surface area contributed by atoms with Gasteiger partial charge < -0.3 is 53.6 Å². The predicted molar refractivity (Wildman–Crippen MR) is 268 cm³/mol. The van der Waals surface area contributed by atoms with E-state index in [1.54, 1.807) is 9.80 Å². The van der Waals surface area contributed by atoms with Crippen LogP contribution >= 0.6 is 34.8 Å². The molecule has 4 saturated heterocycles. The number of amides is 4. The second kappa shape index (κ2) is 26.0. The summed E-state index contributed by atoms with van der Waals surface area (Å²) in [4.78, 5) is 69.4. The number of carbonyl (C=O) groups is 4. The fourth-order valence-corrected chi connectivity index (χ4v) is 9.64. The van der Waals surface area contributed by atoms with Crippen LogP contribution in [0.4, 0.5) is 64.0 Å². The largest absolute Gasteiger partial charge is 0.416 e. The van der Waals surface area contributed by atoms with E-state index in [2.05, 4.69) is 35.9 Å². The van der Waals surface area contributed by atoms with E-state index in [1.165, 1.54) is 17.0 Å². The molecule has 4 aliphatic heterocycles. The maximum Gasteiger partial charge on any atom is 0.416 e. The lowest BCUT2D eigenvalue weighted by Gasteiger charge is -2.46. The highest BCUT2D eigenvalue weighted by atomic mass is 35.5. The number of nitrogens with zero attached hydrogens (tertiary/aromatic N) is 7. The number of nitrogens with two attached hydrogens (primary N) is 4. The standard InChI is InChI=1S/C22H24ClF4N7O2.C18H22ClF3N4O2.C4H3ClFN3.2CH4/c23-12-6-11(22(25,26)27)7-13(8-12)32-15-2-1-4-34(21(15)36)16-9-33(5-3-14(16)19(29)35)20-17(24)18(28)30-10-31-20;19-11-6-10(18(20,21)22)7-12(8-11)25-14-2-1-5-26(17(14)28)15-9-24-4-3-13(15)16(23)27;5-3-2(6)4(7)9-1-8-3;;/h6-8,10,14-16,32H,1-5,9H2,(H2,29,35)(H2,28,30,31);6-8,13-15,24-25H,1-5,9H2,(H2,23,27);1H,(H2,7,8,9);2*1H4/t14-,15?,16-;13-,14?,15-;;;/m00.../s1. The van der Waals surface area contributed by atoms with Gasteiger partial charge in [0.25, 0.3) is 0 Å². The van der Waals surface area contributed by atoms with Gasteiger partial charge in [0.1, 0.15) is 24.7 Å². The summed E-state index contributed by atoms with van der Waals surface area (Å²) in [6, 6.07) is 3.53. The van der Waals surface area contributed by atoms with Crippen molar-refractivity contribution in [3.05, 3.63) is 87.0 Å². The molecule has 2 unspecified atom stereocenters. The molecule has 0 bridgehead atoms. The molecule has 2 aromatic heterocycles. The summed E-state index contributed by atoms with van der Waals surface area (Å²) >= 11 is 16.9. The molecule has 6 atom stereocenters. The monoisotopic (exact) mass is 1130 g/mol. The smallest absolute Gasteiger partial charge is 0.381 e. The van der Waals surface area contributed by atoms with Gasteiger partial charge in [-0.25, -0.2) is 19.9 Å². The Bertz CT molecular complexity index is 2640. The summed E-state index contributed by atoms with van der Waals surface area (Å²) in [5.41, 5.74) is 20.1. The summed E-state index contributed by atoms with van der Waals surface area (Å²) in [6.07, 6.45) is -4.11. The van der Waals surface area contributed by atoms with Gasteiger partial charge in [0.2, 0.25) is 35.3 Å². The second-order valence-corrected chi connectivity index (χ2v) is 18.6. The molecule has 0 saturated carbocycles. The highest BCUT2D eigenvalue weighted by molar-refractivity contribution is 6.31. The fraction of sp³-hybridized carbons (Fsp3) is 0.478. The zero-order chi connectivity index (χ0) is 53.5. The molecule has 6 heterocycles. The van der Waals surface area contributed by atoms with Gasteiger partial charge in [0.15, 0.2) is 22.6 Å². The number of rotatable bonds is 9. The third kappa shape index (κ3) is 15.4. The van der Waals surface area contributed by atoms with Crippen molar-refractivity contribution in [2.45, 2.75) is 89.9 Å². The molecular weight excluding hydrogens is 1070 g/mol. The number of likely N-dealkylation sites (tertiary alicyclic amines) is 2. The van der Waals surface area contributed by atoms with E-state index < -0.39 is 82.8 Å². The van der Waals surface area contributed by atoms with Crippen molar-refractivity contribution in [2.75, 3.05) is 66.3 Å². The SMILES string of the molecule is C.C.NC(=O)[C@H]1CCN(c2ncnc(N)c2F)C[C@@H]1N1CCCC(Nc2cc(Cl)cc(C(F)(F)F)c2)C1=O.NC(=O)[C@H]1CCNC[C@@H]1N1CCCC(Nc2cc(Cl)cc(C(F)(F)F)c2)C1=O.Nc1ncnc(Cl)c1F. The van der Waals surface area contributed by atoms with Crippen molar-refractivity contribution < 1.29 is 54.3 Å². The average Bonchev–Trinajstić information content (AvgIpc) is 3.32. The first-order valence-corrected chi connectivity index (χ1v) is 23.6. The average molecular weight is 1130 g/mol. The van der Waals surface area contributed by atoms with Crippen molar-refractivity contribution in [3.63, 3.8) is 0 Å². The summed E-state index contributed by atoms with van der Waals surface area (Å²) in [5.74, 6) is -5.01. The summed E-state index contributed by atoms with van der Waals surface area (Å²) < 4.78 is 106. The van der Waals surface area contributed by atoms with Gasteiger partial charge >= 0.3 is 12.4 Å². The lowest BCUT2D eigenvalue weighted by atomic mass is 9.87. The van der Waals surface area contributed by atoms with E-state index in [0.717, 1.165) is 36.9 Å². The van der Waals surface area contributed by atoms with E-state index in [1.807, 2.05) is 0 Å². The lowest BCUT2D eigenvalue weighted by molar-refractivity contribution is -0.141. The van der Waals surface area contributed by atoms with E-state index in [0.29, 0.717) is 58.3 Å². The van der Waals surface area contributed by atoms with Crippen molar-refractivity contribution in [1.29, 1.82) is 0 Å². The molecule has 0 radical (unpaired) electrons. The topological polar surface area (TPSA) is 270 Å². The number of anilines is 5. The van der Waals surface area contributed by atoms with Gasteiger partial charge in [0.05, 0.1) is 35.0 Å². The molecule has 4 amide bonds. The van der Waals surface area contributed by atoms with Crippen LogP contribution in [0.15, 0.2) is 49.1 Å². The second-order valence-electron chi connectivity index (χ2n) is 17.3. The number of halogens is 11. The van der Waals surface area contributed by atoms with E-state index in [4.69, 9.17) is 57.7 Å². The van der Waals surface area contributed by atoms with Crippen LogP contribution in [0.25, 0.3) is 0 Å². The Morgan fingerprint density at radius 2 is 1.11 bits per heavy atom. The maximum atomic E-state index is 14.6. The number of piperidine rings is 4. The molecule has 0 spiro atoms. The first kappa shape index (κ1) is 61.3. The first-order chi connectivity index (χ1) is 34.3. The number of primary amides is 2. The van der Waals surface area contributed by atoms with Crippen LogP contribution in [-0.2, 0) is 31.5 Å². The fourth-order valence-electron chi connectivity index (χ4n) is 9.03. The molecule has 75 heavy (non-hydrogen) atoms. The first-order valence-electron chi connectivity index (χ1n) is 22.4. The molecule has 2 aromatic carbocycles. The van der Waals surface area contributed by atoms with Crippen molar-refractivity contribution in [1.82, 2.24) is 35.1 Å². The van der Waals surface area contributed by atoms with Crippen LogP contribution in [0.5, 0.6) is 0 Å². The van der Waals surface area contributed by atoms with Crippen molar-refractivity contribution in [3.8, 4) is 0 Å². The Labute approximate surface area is 441 Å². The minimum atomic E-state index is -4.61. The zero-order valence-corrected chi connectivity index (χ0v) is 40.6. The summed E-state index contributed by atoms with van der Waals surface area (Å²) in [5, 5.41) is 8.46. The number of hydrogen-bond donors (Lipinski definition) is 7. The van der Waals surface area contributed by atoms with Gasteiger partial charge in [-0.15, -0.1) is 0 Å². The summed E-state index contributed by atoms with van der Waals surface area (Å²) in [6.45, 7) is 2.21. The molecule has 4 fully saturated rings. The molecule has 412 valence electrons. The predicted octanol–water partition coefficient (Wildman–Crippen LogP) is 7.00. The van der Waals surface area contributed by atoms with Crippen LogP contribution < -0.4 is 43.8 Å². The highest BCUT2D eigenvalue weighted by Crippen LogP contribution is 2.37. The van der Waals surface area contributed by atoms with Gasteiger partial charge in [-0.05, 0) is 81.5 Å². The van der Waals surface area contributed by atoms with Crippen molar-refractivity contribution >= 4 is 87.3 Å². The number of hydrogen-bond acceptors (Lipinski definition) is 14. The molecule has 18 nitrogen and oxygen atoms in total. The van der Waals surface area contributed by atoms with E-state index >= 15 is 0 Å². The number of benzene rings is 2. The van der Waals surface area contributed by atoms with Crippen LogP contribution in [0.3, 0.4) is 0 Å². The number of nitrogen functional groups attached to an aromatic ring is 2. The van der Waals surface area contributed by atoms with Crippen LogP contribution in [-0.4, -0.2) is 117 Å². The Hall–Kier alpha value is -6.25. The van der Waals surface area contributed by atoms with Crippen LogP contribution in [0, 0.1) is 23.5 Å².